The Kier molecular flexibility index (Phi) is 5.72. The summed E-state index contributed by atoms with van der Waals surface area (Å²) in [6.07, 6.45) is 5.15. The lowest BCUT2D eigenvalue weighted by atomic mass is 9.85. The molecule has 6 heteroatoms. The first-order valence-electron chi connectivity index (χ1n) is 7.73. The third-order valence-electron chi connectivity index (χ3n) is 4.02. The minimum atomic E-state index is -3.46. The van der Waals surface area contributed by atoms with Crippen molar-refractivity contribution in [2.45, 2.75) is 44.7 Å². The van der Waals surface area contributed by atoms with Gasteiger partial charge in [0.2, 0.25) is 0 Å². The van der Waals surface area contributed by atoms with Crippen molar-refractivity contribution in [3.63, 3.8) is 0 Å². The highest BCUT2D eigenvalue weighted by Crippen LogP contribution is 2.28. The fourth-order valence-corrected chi connectivity index (χ4v) is 3.87. The molecule has 0 aromatic carbocycles. The van der Waals surface area contributed by atoms with Crippen LogP contribution in [0, 0.1) is 5.92 Å². The fourth-order valence-electron chi connectivity index (χ4n) is 2.43. The first-order valence-corrected chi connectivity index (χ1v) is 9.17. The number of sulfonamides is 1. The lowest BCUT2D eigenvalue weighted by molar-refractivity contribution is 0.249. The molecule has 118 valence electrons. The Bertz CT molecular complexity index is 539. The van der Waals surface area contributed by atoms with Gasteiger partial charge in [0, 0.05) is 25.8 Å². The van der Waals surface area contributed by atoms with Gasteiger partial charge >= 0.3 is 0 Å². The summed E-state index contributed by atoms with van der Waals surface area (Å²) >= 11 is 0. The Balaban J connectivity index is 2.09. The molecule has 0 aliphatic heterocycles. The Morgan fingerprint density at radius 1 is 1.33 bits per heavy atom. The molecule has 1 N–H and O–H groups in total. The molecule has 1 heterocycles. The summed E-state index contributed by atoms with van der Waals surface area (Å²) in [5.74, 6) is 0.521. The van der Waals surface area contributed by atoms with Crippen LogP contribution in [0.25, 0.3) is 0 Å². The van der Waals surface area contributed by atoms with E-state index in [4.69, 9.17) is 0 Å². The van der Waals surface area contributed by atoms with Gasteiger partial charge in [0.05, 0.1) is 0 Å². The SMILES string of the molecule is CCNCc1ccc(S(=O)(=O)N(CC)CC2CCC2)nc1. The summed E-state index contributed by atoms with van der Waals surface area (Å²) in [6, 6.07) is 3.45. The highest BCUT2D eigenvalue weighted by atomic mass is 32.2. The van der Waals surface area contributed by atoms with Gasteiger partial charge in [-0.25, -0.2) is 13.4 Å². The van der Waals surface area contributed by atoms with Crippen LogP contribution in [0.1, 0.15) is 38.7 Å². The maximum absolute atomic E-state index is 12.6. The average molecular weight is 311 g/mol. The summed E-state index contributed by atoms with van der Waals surface area (Å²) in [4.78, 5) is 4.15. The molecule has 5 nitrogen and oxygen atoms in total. The second-order valence-electron chi connectivity index (χ2n) is 5.54. The quantitative estimate of drug-likeness (QED) is 0.797. The lowest BCUT2D eigenvalue weighted by Crippen LogP contribution is -2.37. The van der Waals surface area contributed by atoms with Gasteiger partial charge in [0.15, 0.2) is 5.03 Å². The second kappa shape index (κ2) is 7.33. The molecule has 1 saturated carbocycles. The molecule has 0 radical (unpaired) electrons. The maximum Gasteiger partial charge on any atom is 0.260 e. The van der Waals surface area contributed by atoms with Crippen molar-refractivity contribution in [2.75, 3.05) is 19.6 Å². The molecule has 0 unspecified atom stereocenters. The van der Waals surface area contributed by atoms with E-state index < -0.39 is 10.0 Å². The number of hydrogen-bond acceptors (Lipinski definition) is 4. The van der Waals surface area contributed by atoms with Crippen LogP contribution in [-0.2, 0) is 16.6 Å². The molecule has 1 fully saturated rings. The Morgan fingerprint density at radius 3 is 2.57 bits per heavy atom. The van der Waals surface area contributed by atoms with Gasteiger partial charge in [-0.3, -0.25) is 0 Å². The van der Waals surface area contributed by atoms with Crippen molar-refractivity contribution in [2.24, 2.45) is 5.92 Å². The van der Waals surface area contributed by atoms with Gasteiger partial charge in [-0.2, -0.15) is 4.31 Å². The van der Waals surface area contributed by atoms with Gasteiger partial charge < -0.3 is 5.32 Å². The molecule has 0 atom stereocenters. The van der Waals surface area contributed by atoms with Crippen LogP contribution in [0.2, 0.25) is 0 Å². The average Bonchev–Trinajstić information content (AvgIpc) is 2.44. The maximum atomic E-state index is 12.6. The minimum Gasteiger partial charge on any atom is -0.313 e. The number of hydrogen-bond donors (Lipinski definition) is 1. The summed E-state index contributed by atoms with van der Waals surface area (Å²) in [7, 11) is -3.46. The van der Waals surface area contributed by atoms with Crippen LogP contribution >= 0.6 is 0 Å². The summed E-state index contributed by atoms with van der Waals surface area (Å²) in [6.45, 7) is 6.63. The fraction of sp³-hybridized carbons (Fsp3) is 0.667. The first-order chi connectivity index (χ1) is 10.1. The lowest BCUT2D eigenvalue weighted by Gasteiger charge is -2.30. The van der Waals surface area contributed by atoms with E-state index >= 15 is 0 Å². The van der Waals surface area contributed by atoms with E-state index in [0.717, 1.165) is 24.9 Å². The Morgan fingerprint density at radius 2 is 2.10 bits per heavy atom. The predicted molar refractivity (Wildman–Crippen MR) is 83.4 cm³/mol. The highest BCUT2D eigenvalue weighted by molar-refractivity contribution is 7.89. The third kappa shape index (κ3) is 4.02. The van der Waals surface area contributed by atoms with E-state index in [9.17, 15) is 8.42 Å². The first kappa shape index (κ1) is 16.4. The summed E-state index contributed by atoms with van der Waals surface area (Å²) in [5.41, 5.74) is 0.998. The molecule has 0 saturated heterocycles. The van der Waals surface area contributed by atoms with Crippen LogP contribution in [0.4, 0.5) is 0 Å². The van der Waals surface area contributed by atoms with Crippen molar-refractivity contribution in [3.8, 4) is 0 Å². The van der Waals surface area contributed by atoms with E-state index in [1.54, 1.807) is 16.6 Å². The zero-order valence-corrected chi connectivity index (χ0v) is 13.7. The van der Waals surface area contributed by atoms with E-state index in [1.165, 1.54) is 6.42 Å². The molecule has 0 amide bonds. The molecule has 1 aromatic heterocycles. The van der Waals surface area contributed by atoms with Crippen molar-refractivity contribution in [3.05, 3.63) is 23.9 Å². The van der Waals surface area contributed by atoms with Crippen LogP contribution in [0.3, 0.4) is 0 Å². The predicted octanol–water partition coefficient (Wildman–Crippen LogP) is 2.00. The normalized spacial score (nSPS) is 16.1. The number of pyridine rings is 1. The largest absolute Gasteiger partial charge is 0.313 e. The standard InChI is InChI=1S/C15H25N3O2S/c1-3-16-10-14-8-9-15(17-11-14)21(19,20)18(4-2)12-13-6-5-7-13/h8-9,11,13,16H,3-7,10,12H2,1-2H3. The molecular formula is C15H25N3O2S. The topological polar surface area (TPSA) is 62.3 Å². The van der Waals surface area contributed by atoms with E-state index in [-0.39, 0.29) is 5.03 Å². The summed E-state index contributed by atoms with van der Waals surface area (Å²) < 4.78 is 26.8. The van der Waals surface area contributed by atoms with Crippen molar-refractivity contribution in [1.29, 1.82) is 0 Å². The van der Waals surface area contributed by atoms with Crippen LogP contribution in [0.15, 0.2) is 23.4 Å². The number of aromatic nitrogens is 1. The number of rotatable bonds is 8. The smallest absolute Gasteiger partial charge is 0.260 e. The molecular weight excluding hydrogens is 286 g/mol. The number of nitrogens with zero attached hydrogens (tertiary/aromatic N) is 2. The molecule has 0 bridgehead atoms. The zero-order chi connectivity index (χ0) is 15.3. The van der Waals surface area contributed by atoms with Crippen molar-refractivity contribution in [1.82, 2.24) is 14.6 Å². The van der Waals surface area contributed by atoms with Crippen LogP contribution in [0.5, 0.6) is 0 Å². The van der Waals surface area contributed by atoms with Crippen molar-refractivity contribution < 1.29 is 8.42 Å². The second-order valence-corrected chi connectivity index (χ2v) is 7.42. The van der Waals surface area contributed by atoms with Gasteiger partial charge in [-0.15, -0.1) is 0 Å². The van der Waals surface area contributed by atoms with Gasteiger partial charge in [0.1, 0.15) is 0 Å². The molecule has 1 aromatic rings. The third-order valence-corrected chi connectivity index (χ3v) is 5.88. The van der Waals surface area contributed by atoms with Gasteiger partial charge in [-0.05, 0) is 36.9 Å². The van der Waals surface area contributed by atoms with E-state index in [1.807, 2.05) is 19.9 Å². The van der Waals surface area contributed by atoms with Crippen LogP contribution < -0.4 is 5.32 Å². The zero-order valence-electron chi connectivity index (χ0n) is 12.9. The molecule has 1 aliphatic carbocycles. The molecule has 21 heavy (non-hydrogen) atoms. The number of nitrogens with one attached hydrogen (secondary N) is 1. The van der Waals surface area contributed by atoms with E-state index in [0.29, 0.717) is 25.6 Å². The monoisotopic (exact) mass is 311 g/mol. The van der Waals surface area contributed by atoms with E-state index in [2.05, 4.69) is 10.3 Å². The van der Waals surface area contributed by atoms with Gasteiger partial charge in [-0.1, -0.05) is 26.3 Å². The molecule has 0 spiro atoms. The Hall–Kier alpha value is -0.980. The van der Waals surface area contributed by atoms with Gasteiger partial charge in [0.25, 0.3) is 10.0 Å². The van der Waals surface area contributed by atoms with Crippen molar-refractivity contribution >= 4 is 10.0 Å². The minimum absolute atomic E-state index is 0.156. The highest BCUT2D eigenvalue weighted by Gasteiger charge is 2.29. The Labute approximate surface area is 127 Å². The summed E-state index contributed by atoms with van der Waals surface area (Å²) in [5, 5.41) is 3.35. The van der Waals surface area contributed by atoms with Crippen LogP contribution in [-0.4, -0.2) is 37.3 Å². The molecule has 2 rings (SSSR count). The molecule has 1 aliphatic rings.